The van der Waals surface area contributed by atoms with E-state index in [-0.39, 0.29) is 5.54 Å². The molecule has 0 aliphatic rings. The second-order valence-corrected chi connectivity index (χ2v) is 6.33. The molecule has 1 heterocycles. The predicted molar refractivity (Wildman–Crippen MR) is 67.0 cm³/mol. The van der Waals surface area contributed by atoms with Gasteiger partial charge in [0.2, 0.25) is 0 Å². The van der Waals surface area contributed by atoms with Crippen LogP contribution < -0.4 is 10.6 Å². The summed E-state index contributed by atoms with van der Waals surface area (Å²) in [4.78, 5) is 1.35. The maximum Gasteiger partial charge on any atom is 0.0702 e. The lowest BCUT2D eigenvalue weighted by Crippen LogP contribution is -2.47. The van der Waals surface area contributed by atoms with Gasteiger partial charge in [0.15, 0.2) is 0 Å². The molecule has 0 amide bonds. The Kier molecular flexibility index (Phi) is 4.13. The summed E-state index contributed by atoms with van der Waals surface area (Å²) in [6.07, 6.45) is 0. The quantitative estimate of drug-likeness (QED) is 0.884. The first-order valence-corrected chi connectivity index (χ1v) is 6.23. The van der Waals surface area contributed by atoms with Crippen molar-refractivity contribution < 1.29 is 0 Å². The topological polar surface area (TPSA) is 24.1 Å². The fourth-order valence-electron chi connectivity index (χ4n) is 1.49. The minimum absolute atomic E-state index is 0.0546. The van der Waals surface area contributed by atoms with Crippen molar-refractivity contribution in [3.63, 3.8) is 0 Å². The normalized spacial score (nSPS) is 14.4. The summed E-state index contributed by atoms with van der Waals surface area (Å²) >= 11 is 5.27. The molecule has 1 aromatic heterocycles. The van der Waals surface area contributed by atoms with Crippen molar-refractivity contribution in [3.8, 4) is 0 Å². The fourth-order valence-corrected chi connectivity index (χ4v) is 3.21. The highest BCUT2D eigenvalue weighted by molar-refractivity contribution is 9.11. The van der Waals surface area contributed by atoms with Crippen LogP contribution in [-0.2, 0) is 0 Å². The van der Waals surface area contributed by atoms with E-state index in [2.05, 4.69) is 52.5 Å². The molecular weight excluding hydrogens is 260 g/mol. The standard InChI is InChI=1S/C10H17BrN2S/c1-10(2,13-4)9(12-3)7-5-6-8(11)14-7/h5-6,9,12-13H,1-4H3. The summed E-state index contributed by atoms with van der Waals surface area (Å²) in [5.74, 6) is 0. The molecule has 1 unspecified atom stereocenters. The van der Waals surface area contributed by atoms with Crippen LogP contribution in [-0.4, -0.2) is 19.6 Å². The van der Waals surface area contributed by atoms with Gasteiger partial charge in [-0.1, -0.05) is 0 Å². The van der Waals surface area contributed by atoms with Gasteiger partial charge in [0.05, 0.1) is 9.83 Å². The highest BCUT2D eigenvalue weighted by Gasteiger charge is 2.28. The first-order valence-electron chi connectivity index (χ1n) is 4.62. The van der Waals surface area contributed by atoms with Crippen molar-refractivity contribution in [2.75, 3.05) is 14.1 Å². The zero-order valence-corrected chi connectivity index (χ0v) is 11.4. The number of nitrogens with one attached hydrogen (secondary N) is 2. The Hall–Kier alpha value is 0.1000. The third-order valence-electron chi connectivity index (χ3n) is 2.53. The molecule has 14 heavy (non-hydrogen) atoms. The highest BCUT2D eigenvalue weighted by Crippen LogP contribution is 2.32. The predicted octanol–water partition coefficient (Wildman–Crippen LogP) is 2.77. The number of rotatable bonds is 4. The van der Waals surface area contributed by atoms with Gasteiger partial charge in [-0.3, -0.25) is 0 Å². The Balaban J connectivity index is 2.92. The molecule has 0 aliphatic heterocycles. The third kappa shape index (κ3) is 2.57. The Labute approximate surface area is 98.2 Å². The molecule has 0 bridgehead atoms. The van der Waals surface area contributed by atoms with Crippen molar-refractivity contribution in [1.29, 1.82) is 0 Å². The van der Waals surface area contributed by atoms with E-state index in [1.54, 1.807) is 11.3 Å². The van der Waals surface area contributed by atoms with Gasteiger partial charge in [-0.2, -0.15) is 0 Å². The molecule has 0 spiro atoms. The van der Waals surface area contributed by atoms with Gasteiger partial charge in [-0.25, -0.2) is 0 Å². The molecule has 0 aromatic carbocycles. The van der Waals surface area contributed by atoms with E-state index in [4.69, 9.17) is 0 Å². The van der Waals surface area contributed by atoms with Gasteiger partial charge >= 0.3 is 0 Å². The SMILES string of the molecule is CNC(c1ccc(Br)s1)C(C)(C)NC. The number of hydrogen-bond acceptors (Lipinski definition) is 3. The van der Waals surface area contributed by atoms with E-state index in [1.165, 1.54) is 8.66 Å². The summed E-state index contributed by atoms with van der Waals surface area (Å²) in [5.41, 5.74) is 0.0546. The van der Waals surface area contributed by atoms with Crippen LogP contribution in [0.15, 0.2) is 15.9 Å². The summed E-state index contributed by atoms with van der Waals surface area (Å²) in [6, 6.07) is 4.59. The van der Waals surface area contributed by atoms with Crippen LogP contribution >= 0.6 is 27.3 Å². The average Bonchev–Trinajstić information content (AvgIpc) is 2.53. The molecule has 4 heteroatoms. The monoisotopic (exact) mass is 276 g/mol. The fraction of sp³-hybridized carbons (Fsp3) is 0.600. The van der Waals surface area contributed by atoms with Crippen molar-refractivity contribution in [1.82, 2.24) is 10.6 Å². The van der Waals surface area contributed by atoms with Gasteiger partial charge in [0, 0.05) is 10.4 Å². The molecule has 0 radical (unpaired) electrons. The van der Waals surface area contributed by atoms with Crippen LogP contribution in [0.25, 0.3) is 0 Å². The summed E-state index contributed by atoms with van der Waals surface area (Å²) < 4.78 is 1.18. The average molecular weight is 277 g/mol. The van der Waals surface area contributed by atoms with Gasteiger partial charge in [0.25, 0.3) is 0 Å². The zero-order valence-electron chi connectivity index (χ0n) is 9.02. The van der Waals surface area contributed by atoms with Crippen molar-refractivity contribution >= 4 is 27.3 Å². The van der Waals surface area contributed by atoms with Crippen LogP contribution in [0.1, 0.15) is 24.8 Å². The summed E-state index contributed by atoms with van der Waals surface area (Å²) in [5, 5.41) is 6.68. The minimum Gasteiger partial charge on any atom is -0.313 e. The van der Waals surface area contributed by atoms with Crippen LogP contribution in [0.4, 0.5) is 0 Å². The Bertz CT molecular complexity index is 296. The van der Waals surface area contributed by atoms with Crippen molar-refractivity contribution in [2.24, 2.45) is 0 Å². The number of thiophene rings is 1. The largest absolute Gasteiger partial charge is 0.313 e. The lowest BCUT2D eigenvalue weighted by molar-refractivity contribution is 0.315. The van der Waals surface area contributed by atoms with Crippen LogP contribution in [0.3, 0.4) is 0 Å². The summed E-state index contributed by atoms with van der Waals surface area (Å²) in [7, 11) is 3.99. The molecule has 0 aliphatic carbocycles. The zero-order chi connectivity index (χ0) is 10.8. The van der Waals surface area contributed by atoms with E-state index < -0.39 is 0 Å². The smallest absolute Gasteiger partial charge is 0.0702 e. The Morgan fingerprint density at radius 1 is 1.36 bits per heavy atom. The molecule has 80 valence electrons. The Morgan fingerprint density at radius 2 is 2.00 bits per heavy atom. The van der Waals surface area contributed by atoms with E-state index in [1.807, 2.05) is 14.1 Å². The van der Waals surface area contributed by atoms with Crippen molar-refractivity contribution in [2.45, 2.75) is 25.4 Å². The van der Waals surface area contributed by atoms with Gasteiger partial charge < -0.3 is 10.6 Å². The van der Waals surface area contributed by atoms with Crippen LogP contribution in [0.2, 0.25) is 0 Å². The van der Waals surface area contributed by atoms with Crippen LogP contribution in [0, 0.1) is 0 Å². The van der Waals surface area contributed by atoms with Gasteiger partial charge in [0.1, 0.15) is 0 Å². The maximum atomic E-state index is 3.49. The van der Waals surface area contributed by atoms with E-state index in [9.17, 15) is 0 Å². The second-order valence-electron chi connectivity index (χ2n) is 3.84. The highest BCUT2D eigenvalue weighted by atomic mass is 79.9. The van der Waals surface area contributed by atoms with E-state index in [0.717, 1.165) is 0 Å². The molecule has 2 N–H and O–H groups in total. The molecule has 1 atom stereocenters. The minimum atomic E-state index is 0.0546. The lowest BCUT2D eigenvalue weighted by Gasteiger charge is -2.33. The molecule has 1 aromatic rings. The molecule has 0 saturated carbocycles. The molecular formula is C10H17BrN2S. The molecule has 2 nitrogen and oxygen atoms in total. The van der Waals surface area contributed by atoms with Gasteiger partial charge in [-0.15, -0.1) is 11.3 Å². The van der Waals surface area contributed by atoms with E-state index >= 15 is 0 Å². The second kappa shape index (κ2) is 4.75. The van der Waals surface area contributed by atoms with Crippen LogP contribution in [0.5, 0.6) is 0 Å². The first-order chi connectivity index (χ1) is 6.51. The molecule has 0 saturated heterocycles. The Morgan fingerprint density at radius 3 is 2.36 bits per heavy atom. The van der Waals surface area contributed by atoms with E-state index in [0.29, 0.717) is 6.04 Å². The lowest BCUT2D eigenvalue weighted by atomic mass is 9.94. The molecule has 1 rings (SSSR count). The summed E-state index contributed by atoms with van der Waals surface area (Å²) in [6.45, 7) is 4.39. The van der Waals surface area contributed by atoms with Gasteiger partial charge in [-0.05, 0) is 56.0 Å². The third-order valence-corrected chi connectivity index (χ3v) is 4.22. The number of hydrogen-bond donors (Lipinski definition) is 2. The number of likely N-dealkylation sites (N-methyl/N-ethyl adjacent to an activating group) is 2. The first kappa shape index (κ1) is 12.2. The van der Waals surface area contributed by atoms with Crippen molar-refractivity contribution in [3.05, 3.63) is 20.8 Å². The molecule has 0 fully saturated rings. The number of halogens is 1. The maximum absolute atomic E-state index is 3.49.